The maximum Gasteiger partial charge on any atom is 0.203 e. The quantitative estimate of drug-likeness (QED) is 0.906. The minimum absolute atomic E-state index is 0.179. The minimum atomic E-state index is 0.179. The van der Waals surface area contributed by atoms with E-state index in [1.54, 1.807) is 0 Å². The second kappa shape index (κ2) is 3.73. The normalized spacial score (nSPS) is 18.2. The van der Waals surface area contributed by atoms with Gasteiger partial charge in [-0.25, -0.2) is 9.67 Å². The first-order valence-corrected chi connectivity index (χ1v) is 6.85. The number of imidazole rings is 1. The Morgan fingerprint density at radius 3 is 2.56 bits per heavy atom. The van der Waals surface area contributed by atoms with E-state index < -0.39 is 0 Å². The standard InChI is InChI=1S/C13H21N5/c1-4-13(7-6-8-13)18-11-10(15-12(18)14)9(3)16-17(11)5-2/h4-8H2,1-3H3,(H2,14,15). The van der Waals surface area contributed by atoms with Crippen LogP contribution in [-0.4, -0.2) is 19.3 Å². The number of hydrogen-bond donors (Lipinski definition) is 1. The summed E-state index contributed by atoms with van der Waals surface area (Å²) < 4.78 is 4.28. The van der Waals surface area contributed by atoms with Crippen molar-refractivity contribution in [3.05, 3.63) is 5.69 Å². The van der Waals surface area contributed by atoms with Crippen molar-refractivity contribution in [3.8, 4) is 0 Å². The highest BCUT2D eigenvalue weighted by atomic mass is 15.4. The molecular weight excluding hydrogens is 226 g/mol. The fourth-order valence-electron chi connectivity index (χ4n) is 3.19. The molecular formula is C13H21N5. The number of aryl methyl sites for hydroxylation is 2. The summed E-state index contributed by atoms with van der Waals surface area (Å²) >= 11 is 0. The maximum absolute atomic E-state index is 6.17. The first kappa shape index (κ1) is 11.6. The molecule has 1 saturated carbocycles. The summed E-state index contributed by atoms with van der Waals surface area (Å²) in [6.07, 6.45) is 4.79. The number of nitrogens with two attached hydrogens (primary N) is 1. The zero-order chi connectivity index (χ0) is 12.9. The van der Waals surface area contributed by atoms with Crippen molar-refractivity contribution in [3.63, 3.8) is 0 Å². The van der Waals surface area contributed by atoms with E-state index in [-0.39, 0.29) is 5.54 Å². The van der Waals surface area contributed by atoms with Crippen molar-refractivity contribution in [2.75, 3.05) is 5.73 Å². The average molecular weight is 247 g/mol. The molecule has 1 fully saturated rings. The van der Waals surface area contributed by atoms with Crippen molar-refractivity contribution in [1.29, 1.82) is 0 Å². The summed E-state index contributed by atoms with van der Waals surface area (Å²) in [7, 11) is 0. The number of anilines is 1. The third-order valence-electron chi connectivity index (χ3n) is 4.45. The zero-order valence-electron chi connectivity index (χ0n) is 11.4. The van der Waals surface area contributed by atoms with Gasteiger partial charge in [0.05, 0.1) is 5.69 Å². The Morgan fingerprint density at radius 1 is 1.33 bits per heavy atom. The van der Waals surface area contributed by atoms with Gasteiger partial charge in [0.25, 0.3) is 0 Å². The molecule has 3 rings (SSSR count). The maximum atomic E-state index is 6.17. The smallest absolute Gasteiger partial charge is 0.203 e. The lowest BCUT2D eigenvalue weighted by molar-refractivity contribution is 0.143. The first-order chi connectivity index (χ1) is 8.63. The second-order valence-corrected chi connectivity index (χ2v) is 5.31. The van der Waals surface area contributed by atoms with Gasteiger partial charge in [-0.3, -0.25) is 4.57 Å². The Kier molecular flexibility index (Phi) is 2.40. The summed E-state index contributed by atoms with van der Waals surface area (Å²) in [4.78, 5) is 4.53. The second-order valence-electron chi connectivity index (χ2n) is 5.31. The van der Waals surface area contributed by atoms with Crippen LogP contribution in [0.5, 0.6) is 0 Å². The summed E-state index contributed by atoms with van der Waals surface area (Å²) in [5.41, 5.74) is 9.40. The molecule has 0 unspecified atom stereocenters. The van der Waals surface area contributed by atoms with E-state index in [9.17, 15) is 0 Å². The summed E-state index contributed by atoms with van der Waals surface area (Å²) in [6.45, 7) is 7.21. The molecule has 5 nitrogen and oxygen atoms in total. The van der Waals surface area contributed by atoms with E-state index in [2.05, 4.69) is 28.5 Å². The Hall–Kier alpha value is -1.52. The van der Waals surface area contributed by atoms with Crippen molar-refractivity contribution < 1.29 is 0 Å². The molecule has 98 valence electrons. The summed E-state index contributed by atoms with van der Waals surface area (Å²) in [5, 5.41) is 4.55. The molecule has 1 aliphatic carbocycles. The van der Waals surface area contributed by atoms with Crippen LogP contribution in [0.2, 0.25) is 0 Å². The van der Waals surface area contributed by atoms with Crippen LogP contribution in [0, 0.1) is 6.92 Å². The highest BCUT2D eigenvalue weighted by Gasteiger charge is 2.40. The molecule has 2 heterocycles. The predicted molar refractivity (Wildman–Crippen MR) is 72.5 cm³/mol. The molecule has 0 aliphatic heterocycles. The van der Waals surface area contributed by atoms with Crippen LogP contribution in [0.4, 0.5) is 5.95 Å². The zero-order valence-corrected chi connectivity index (χ0v) is 11.4. The number of hydrogen-bond acceptors (Lipinski definition) is 3. The lowest BCUT2D eigenvalue weighted by Crippen LogP contribution is -2.41. The van der Waals surface area contributed by atoms with E-state index in [0.29, 0.717) is 5.95 Å². The SMILES string of the molecule is CCn1nc(C)c2nc(N)n(C3(CC)CCC3)c21. The van der Waals surface area contributed by atoms with Gasteiger partial charge in [-0.15, -0.1) is 0 Å². The molecule has 2 aromatic heterocycles. The predicted octanol–water partition coefficient (Wildman–Crippen LogP) is 2.43. The van der Waals surface area contributed by atoms with Gasteiger partial charge in [0.15, 0.2) is 5.65 Å². The highest BCUT2D eigenvalue weighted by Crippen LogP contribution is 2.45. The fraction of sp³-hybridized carbons (Fsp3) is 0.692. The van der Waals surface area contributed by atoms with Crippen molar-refractivity contribution in [2.45, 2.75) is 58.5 Å². The van der Waals surface area contributed by atoms with Crippen LogP contribution in [0.15, 0.2) is 0 Å². The largest absolute Gasteiger partial charge is 0.369 e. The average Bonchev–Trinajstić information content (AvgIpc) is 2.78. The van der Waals surface area contributed by atoms with E-state index in [4.69, 9.17) is 5.73 Å². The molecule has 0 aromatic carbocycles. The van der Waals surface area contributed by atoms with E-state index in [1.165, 1.54) is 19.3 Å². The Bertz CT molecular complexity index is 583. The van der Waals surface area contributed by atoms with Crippen molar-refractivity contribution >= 4 is 17.1 Å². The van der Waals surface area contributed by atoms with Gasteiger partial charge in [0.2, 0.25) is 5.95 Å². The van der Waals surface area contributed by atoms with Crippen LogP contribution in [0.3, 0.4) is 0 Å². The van der Waals surface area contributed by atoms with Crippen LogP contribution in [-0.2, 0) is 12.1 Å². The van der Waals surface area contributed by atoms with Gasteiger partial charge < -0.3 is 5.73 Å². The van der Waals surface area contributed by atoms with Gasteiger partial charge in [-0.2, -0.15) is 5.10 Å². The third kappa shape index (κ3) is 1.27. The van der Waals surface area contributed by atoms with Crippen LogP contribution in [0.25, 0.3) is 11.2 Å². The lowest BCUT2D eigenvalue weighted by atomic mass is 9.74. The third-order valence-corrected chi connectivity index (χ3v) is 4.45. The van der Waals surface area contributed by atoms with Crippen molar-refractivity contribution in [1.82, 2.24) is 19.3 Å². The number of rotatable bonds is 3. The highest BCUT2D eigenvalue weighted by molar-refractivity contribution is 5.78. The summed E-state index contributed by atoms with van der Waals surface area (Å²) in [6, 6.07) is 0. The van der Waals surface area contributed by atoms with Crippen LogP contribution in [0.1, 0.15) is 45.2 Å². The molecule has 0 bridgehead atoms. The molecule has 0 radical (unpaired) electrons. The Morgan fingerprint density at radius 2 is 2.06 bits per heavy atom. The van der Waals surface area contributed by atoms with E-state index in [1.807, 2.05) is 11.6 Å². The lowest BCUT2D eigenvalue weighted by Gasteiger charge is -2.43. The van der Waals surface area contributed by atoms with Crippen molar-refractivity contribution in [2.24, 2.45) is 0 Å². The fourth-order valence-corrected chi connectivity index (χ4v) is 3.19. The molecule has 0 amide bonds. The Labute approximate surface area is 107 Å². The number of aromatic nitrogens is 4. The van der Waals surface area contributed by atoms with E-state index in [0.717, 1.165) is 29.8 Å². The number of nitrogen functional groups attached to an aromatic ring is 1. The minimum Gasteiger partial charge on any atom is -0.369 e. The monoisotopic (exact) mass is 247 g/mol. The molecule has 0 spiro atoms. The molecule has 5 heteroatoms. The first-order valence-electron chi connectivity index (χ1n) is 6.85. The van der Waals surface area contributed by atoms with Gasteiger partial charge >= 0.3 is 0 Å². The molecule has 0 saturated heterocycles. The Balaban J connectivity index is 2.30. The van der Waals surface area contributed by atoms with Gasteiger partial charge in [0.1, 0.15) is 5.52 Å². The summed E-state index contributed by atoms with van der Waals surface area (Å²) in [5.74, 6) is 0.647. The van der Waals surface area contributed by atoms with Crippen LogP contribution >= 0.6 is 0 Å². The van der Waals surface area contributed by atoms with Gasteiger partial charge in [0, 0.05) is 12.1 Å². The molecule has 0 atom stereocenters. The van der Waals surface area contributed by atoms with Gasteiger partial charge in [-0.05, 0) is 39.5 Å². The number of fused-ring (bicyclic) bond motifs is 1. The van der Waals surface area contributed by atoms with Crippen LogP contribution < -0.4 is 5.73 Å². The number of nitrogens with zero attached hydrogens (tertiary/aromatic N) is 4. The molecule has 18 heavy (non-hydrogen) atoms. The molecule has 2 aromatic rings. The molecule has 1 aliphatic rings. The van der Waals surface area contributed by atoms with Gasteiger partial charge in [-0.1, -0.05) is 6.92 Å². The topological polar surface area (TPSA) is 61.7 Å². The molecule has 2 N–H and O–H groups in total. The van der Waals surface area contributed by atoms with E-state index >= 15 is 0 Å².